The summed E-state index contributed by atoms with van der Waals surface area (Å²) in [5.74, 6) is -0.812. The minimum Gasteiger partial charge on any atom is -0.375 e. The standard InChI is InChI=1S/C25H29FN4O4/c1-34-17-23(32)28-13-11-25(12-14-28)24(33)29(18-30(25)21-5-3-2-4-6-21)16-22(31)27-15-19-7-9-20(26)10-8-19/h2-10H,11-18H2,1H3,(H,27,31). The molecule has 4 rings (SSSR count). The number of nitrogens with zero attached hydrogens (tertiary/aromatic N) is 3. The van der Waals surface area contributed by atoms with Crippen molar-refractivity contribution in [2.45, 2.75) is 24.9 Å². The van der Waals surface area contributed by atoms with Crippen molar-refractivity contribution in [3.05, 3.63) is 66.0 Å². The van der Waals surface area contributed by atoms with Crippen molar-refractivity contribution in [3.8, 4) is 0 Å². The molecule has 8 nitrogen and oxygen atoms in total. The van der Waals surface area contributed by atoms with Crippen molar-refractivity contribution in [2.24, 2.45) is 0 Å². The molecule has 2 saturated heterocycles. The molecule has 0 saturated carbocycles. The molecule has 34 heavy (non-hydrogen) atoms. The topological polar surface area (TPSA) is 82.2 Å². The zero-order valence-corrected chi connectivity index (χ0v) is 19.2. The molecule has 0 aromatic heterocycles. The number of rotatable bonds is 7. The lowest BCUT2D eigenvalue weighted by Crippen LogP contribution is -2.57. The number of hydrogen-bond donors (Lipinski definition) is 1. The fourth-order valence-corrected chi connectivity index (χ4v) is 4.70. The summed E-state index contributed by atoms with van der Waals surface area (Å²) in [5.41, 5.74) is 0.877. The zero-order chi connectivity index (χ0) is 24.1. The Morgan fingerprint density at radius 3 is 2.38 bits per heavy atom. The molecule has 1 N–H and O–H groups in total. The van der Waals surface area contributed by atoms with Gasteiger partial charge >= 0.3 is 0 Å². The molecule has 0 bridgehead atoms. The molecule has 2 heterocycles. The molecule has 2 aromatic rings. The van der Waals surface area contributed by atoms with Gasteiger partial charge in [0.1, 0.15) is 24.5 Å². The smallest absolute Gasteiger partial charge is 0.250 e. The van der Waals surface area contributed by atoms with Crippen LogP contribution in [0.2, 0.25) is 0 Å². The summed E-state index contributed by atoms with van der Waals surface area (Å²) >= 11 is 0. The normalized spacial score (nSPS) is 17.4. The number of carbonyl (C=O) groups excluding carboxylic acids is 3. The molecule has 0 unspecified atom stereocenters. The second kappa shape index (κ2) is 10.2. The Labute approximate surface area is 198 Å². The molecule has 180 valence electrons. The summed E-state index contributed by atoms with van der Waals surface area (Å²) in [4.78, 5) is 43.9. The van der Waals surface area contributed by atoms with E-state index in [0.29, 0.717) is 32.6 Å². The quantitative estimate of drug-likeness (QED) is 0.670. The number of amides is 3. The number of para-hydroxylation sites is 1. The van der Waals surface area contributed by atoms with E-state index in [9.17, 15) is 18.8 Å². The molecule has 2 aliphatic heterocycles. The lowest BCUT2D eigenvalue weighted by Gasteiger charge is -2.43. The van der Waals surface area contributed by atoms with E-state index >= 15 is 0 Å². The summed E-state index contributed by atoms with van der Waals surface area (Å²) in [7, 11) is 1.49. The molecule has 9 heteroatoms. The number of ether oxygens (including phenoxy) is 1. The molecule has 0 radical (unpaired) electrons. The second-order valence-electron chi connectivity index (χ2n) is 8.66. The van der Waals surface area contributed by atoms with Crippen LogP contribution in [0, 0.1) is 5.82 Å². The van der Waals surface area contributed by atoms with E-state index in [4.69, 9.17) is 4.74 Å². The highest BCUT2D eigenvalue weighted by molar-refractivity contribution is 5.96. The number of likely N-dealkylation sites (tertiary alicyclic amines) is 1. The Morgan fingerprint density at radius 1 is 1.06 bits per heavy atom. The second-order valence-corrected chi connectivity index (χ2v) is 8.66. The van der Waals surface area contributed by atoms with Gasteiger partial charge < -0.3 is 24.8 Å². The first-order valence-electron chi connectivity index (χ1n) is 11.3. The van der Waals surface area contributed by atoms with Crippen LogP contribution in [-0.4, -0.2) is 73.1 Å². The van der Waals surface area contributed by atoms with Crippen LogP contribution in [-0.2, 0) is 25.7 Å². The van der Waals surface area contributed by atoms with Gasteiger partial charge in [-0.25, -0.2) is 4.39 Å². The average Bonchev–Trinajstić information content (AvgIpc) is 3.11. The predicted octanol–water partition coefficient (Wildman–Crippen LogP) is 1.76. The van der Waals surface area contributed by atoms with Crippen molar-refractivity contribution in [1.82, 2.24) is 15.1 Å². The maximum Gasteiger partial charge on any atom is 0.250 e. The summed E-state index contributed by atoms with van der Waals surface area (Å²) in [6.07, 6.45) is 0.952. The summed E-state index contributed by atoms with van der Waals surface area (Å²) in [6, 6.07) is 15.6. The van der Waals surface area contributed by atoms with Crippen LogP contribution in [0.1, 0.15) is 18.4 Å². The predicted molar refractivity (Wildman–Crippen MR) is 124 cm³/mol. The molecule has 0 atom stereocenters. The first-order chi connectivity index (χ1) is 16.4. The lowest BCUT2D eigenvalue weighted by molar-refractivity contribution is -0.141. The highest BCUT2D eigenvalue weighted by Gasteiger charge is 2.54. The molecule has 0 aliphatic carbocycles. The van der Waals surface area contributed by atoms with Crippen molar-refractivity contribution in [1.29, 1.82) is 0 Å². The Hall–Kier alpha value is -3.46. The number of nitrogens with one attached hydrogen (secondary N) is 1. The molecule has 2 aliphatic rings. The van der Waals surface area contributed by atoms with Crippen LogP contribution in [0.25, 0.3) is 0 Å². The number of hydrogen-bond acceptors (Lipinski definition) is 5. The highest BCUT2D eigenvalue weighted by Crippen LogP contribution is 2.39. The van der Waals surface area contributed by atoms with Gasteiger partial charge in [0.25, 0.3) is 5.91 Å². The van der Waals surface area contributed by atoms with Crippen LogP contribution in [0.5, 0.6) is 0 Å². The average molecular weight is 469 g/mol. The van der Waals surface area contributed by atoms with Gasteiger partial charge in [-0.3, -0.25) is 14.4 Å². The van der Waals surface area contributed by atoms with Crippen molar-refractivity contribution in [3.63, 3.8) is 0 Å². The Morgan fingerprint density at radius 2 is 1.74 bits per heavy atom. The monoisotopic (exact) mass is 468 g/mol. The first kappa shape index (κ1) is 23.7. The van der Waals surface area contributed by atoms with Gasteiger partial charge in [0.05, 0.1) is 6.67 Å². The fraction of sp³-hybridized carbons (Fsp3) is 0.400. The number of carbonyl (C=O) groups is 3. The molecule has 1 spiro atoms. The Kier molecular flexibility index (Phi) is 7.12. The molecular formula is C25H29FN4O4. The third-order valence-electron chi connectivity index (χ3n) is 6.53. The lowest BCUT2D eigenvalue weighted by atomic mass is 9.85. The van der Waals surface area contributed by atoms with Gasteiger partial charge in [0.15, 0.2) is 0 Å². The van der Waals surface area contributed by atoms with Gasteiger partial charge in [-0.2, -0.15) is 0 Å². The number of anilines is 1. The van der Waals surface area contributed by atoms with E-state index in [1.807, 2.05) is 30.3 Å². The minimum absolute atomic E-state index is 0.0176. The summed E-state index contributed by atoms with van der Waals surface area (Å²) in [5, 5.41) is 2.81. The third-order valence-corrected chi connectivity index (χ3v) is 6.53. The number of methoxy groups -OCH3 is 1. The molecular weight excluding hydrogens is 439 g/mol. The number of benzene rings is 2. The van der Waals surface area contributed by atoms with Crippen LogP contribution in [0.4, 0.5) is 10.1 Å². The molecule has 2 fully saturated rings. The van der Waals surface area contributed by atoms with Crippen molar-refractivity contribution >= 4 is 23.4 Å². The fourth-order valence-electron chi connectivity index (χ4n) is 4.70. The maximum atomic E-state index is 13.6. The largest absolute Gasteiger partial charge is 0.375 e. The van der Waals surface area contributed by atoms with Gasteiger partial charge in [0, 0.05) is 32.4 Å². The summed E-state index contributed by atoms with van der Waals surface area (Å²) < 4.78 is 18.1. The Bertz CT molecular complexity index is 1020. The number of piperidine rings is 1. The van der Waals surface area contributed by atoms with Gasteiger partial charge in [0.2, 0.25) is 11.8 Å². The van der Waals surface area contributed by atoms with E-state index in [0.717, 1.165) is 11.3 Å². The molecule has 3 amide bonds. The maximum absolute atomic E-state index is 13.6. The van der Waals surface area contributed by atoms with E-state index < -0.39 is 5.54 Å². The van der Waals surface area contributed by atoms with Gasteiger partial charge in [-0.1, -0.05) is 30.3 Å². The number of halogens is 1. The minimum atomic E-state index is -0.803. The van der Waals surface area contributed by atoms with E-state index in [1.54, 1.807) is 21.9 Å². The molecule has 2 aromatic carbocycles. The highest BCUT2D eigenvalue weighted by atomic mass is 19.1. The van der Waals surface area contributed by atoms with Crippen LogP contribution in [0.3, 0.4) is 0 Å². The van der Waals surface area contributed by atoms with Crippen LogP contribution in [0.15, 0.2) is 54.6 Å². The van der Waals surface area contributed by atoms with E-state index in [2.05, 4.69) is 10.2 Å². The SMILES string of the molecule is COCC(=O)N1CCC2(CC1)C(=O)N(CC(=O)NCc1ccc(F)cc1)CN2c1ccccc1. The zero-order valence-electron chi connectivity index (χ0n) is 19.2. The van der Waals surface area contributed by atoms with Crippen LogP contribution >= 0.6 is 0 Å². The van der Waals surface area contributed by atoms with Crippen LogP contribution < -0.4 is 10.2 Å². The first-order valence-corrected chi connectivity index (χ1v) is 11.3. The van der Waals surface area contributed by atoms with E-state index in [1.165, 1.54) is 19.2 Å². The van der Waals surface area contributed by atoms with Gasteiger partial charge in [-0.05, 0) is 42.7 Å². The van der Waals surface area contributed by atoms with Gasteiger partial charge in [-0.15, -0.1) is 0 Å². The van der Waals surface area contributed by atoms with E-state index in [-0.39, 0.29) is 43.2 Å². The third kappa shape index (κ3) is 4.89. The van der Waals surface area contributed by atoms with Crippen molar-refractivity contribution in [2.75, 3.05) is 44.9 Å². The summed E-state index contributed by atoms with van der Waals surface area (Å²) in [6.45, 7) is 1.38. The van der Waals surface area contributed by atoms with Crippen molar-refractivity contribution < 1.29 is 23.5 Å². The Balaban J connectivity index is 1.46.